The van der Waals surface area contributed by atoms with Gasteiger partial charge in [-0.15, -0.1) is 0 Å². The van der Waals surface area contributed by atoms with Gasteiger partial charge in [0.15, 0.2) is 0 Å². The first-order valence-electron chi connectivity index (χ1n) is 4.14. The molecule has 0 aliphatic heterocycles. The number of aliphatic hydroxyl groups is 1. The second-order valence-electron chi connectivity index (χ2n) is 3.43. The maximum Gasteiger partial charge on any atom is 0.0693 e. The Morgan fingerprint density at radius 2 is 2.10 bits per heavy atom. The van der Waals surface area contributed by atoms with Gasteiger partial charge < -0.3 is 10.4 Å². The van der Waals surface area contributed by atoms with Crippen molar-refractivity contribution >= 4 is 0 Å². The molecule has 10 heavy (non-hydrogen) atoms. The third-order valence-corrected chi connectivity index (χ3v) is 2.03. The van der Waals surface area contributed by atoms with Gasteiger partial charge in [0.25, 0.3) is 0 Å². The average molecular weight is 143 g/mol. The second-order valence-corrected chi connectivity index (χ2v) is 3.43. The molecule has 60 valence electrons. The Labute approximate surface area is 62.6 Å². The van der Waals surface area contributed by atoms with Crippen LogP contribution in [0, 0.1) is 0 Å². The lowest BCUT2D eigenvalue weighted by molar-refractivity contribution is 0.145. The van der Waals surface area contributed by atoms with Gasteiger partial charge in [0.05, 0.1) is 6.10 Å². The van der Waals surface area contributed by atoms with E-state index in [2.05, 4.69) is 19.2 Å². The van der Waals surface area contributed by atoms with E-state index in [-0.39, 0.29) is 6.10 Å². The molecule has 1 aliphatic carbocycles. The fourth-order valence-electron chi connectivity index (χ4n) is 1.56. The molecular formula is C8H17NO. The van der Waals surface area contributed by atoms with E-state index >= 15 is 0 Å². The number of aliphatic hydroxyl groups excluding tert-OH is 1. The van der Waals surface area contributed by atoms with Crippen LogP contribution in [0.4, 0.5) is 0 Å². The maximum absolute atomic E-state index is 9.38. The summed E-state index contributed by atoms with van der Waals surface area (Å²) in [5.74, 6) is 0. The van der Waals surface area contributed by atoms with Gasteiger partial charge in [-0.25, -0.2) is 0 Å². The van der Waals surface area contributed by atoms with Gasteiger partial charge in [0.2, 0.25) is 0 Å². The van der Waals surface area contributed by atoms with Crippen LogP contribution in [0.5, 0.6) is 0 Å². The van der Waals surface area contributed by atoms with Crippen molar-refractivity contribution in [3.8, 4) is 0 Å². The Morgan fingerprint density at radius 3 is 2.50 bits per heavy atom. The Morgan fingerprint density at radius 1 is 1.40 bits per heavy atom. The van der Waals surface area contributed by atoms with Crippen LogP contribution in [-0.4, -0.2) is 23.3 Å². The SMILES string of the molecule is CC(C)N[C@@H]1CCC[C@@H]1O. The predicted octanol–water partition coefficient (Wildman–Crippen LogP) is 0.898. The van der Waals surface area contributed by atoms with Gasteiger partial charge in [-0.3, -0.25) is 0 Å². The summed E-state index contributed by atoms with van der Waals surface area (Å²) >= 11 is 0. The van der Waals surface area contributed by atoms with Gasteiger partial charge in [-0.1, -0.05) is 13.8 Å². The van der Waals surface area contributed by atoms with Crippen molar-refractivity contribution < 1.29 is 5.11 Å². The van der Waals surface area contributed by atoms with Gasteiger partial charge in [-0.2, -0.15) is 0 Å². The smallest absolute Gasteiger partial charge is 0.0693 e. The van der Waals surface area contributed by atoms with Gasteiger partial charge in [0, 0.05) is 12.1 Å². The molecule has 0 aromatic carbocycles. The fraction of sp³-hybridized carbons (Fsp3) is 1.00. The summed E-state index contributed by atoms with van der Waals surface area (Å²) in [5.41, 5.74) is 0. The molecule has 2 N–H and O–H groups in total. The largest absolute Gasteiger partial charge is 0.392 e. The van der Waals surface area contributed by atoms with Crippen molar-refractivity contribution in [1.29, 1.82) is 0 Å². The number of rotatable bonds is 2. The van der Waals surface area contributed by atoms with Crippen LogP contribution in [0.3, 0.4) is 0 Å². The minimum absolute atomic E-state index is 0.0950. The van der Waals surface area contributed by atoms with E-state index < -0.39 is 0 Å². The van der Waals surface area contributed by atoms with E-state index in [0.717, 1.165) is 12.8 Å². The zero-order valence-corrected chi connectivity index (χ0v) is 6.80. The maximum atomic E-state index is 9.38. The Balaban J connectivity index is 2.26. The van der Waals surface area contributed by atoms with E-state index in [1.807, 2.05) is 0 Å². The lowest BCUT2D eigenvalue weighted by Gasteiger charge is -2.18. The molecule has 1 saturated carbocycles. The average Bonchev–Trinajstić information content (AvgIpc) is 2.15. The summed E-state index contributed by atoms with van der Waals surface area (Å²) in [6.45, 7) is 4.23. The highest BCUT2D eigenvalue weighted by atomic mass is 16.3. The highest BCUT2D eigenvalue weighted by molar-refractivity contribution is 4.83. The molecule has 1 fully saturated rings. The van der Waals surface area contributed by atoms with Crippen molar-refractivity contribution in [2.45, 2.75) is 51.3 Å². The second kappa shape index (κ2) is 3.35. The molecule has 0 radical (unpaired) electrons. The molecular weight excluding hydrogens is 126 g/mol. The molecule has 0 unspecified atom stereocenters. The summed E-state index contributed by atoms with van der Waals surface area (Å²) in [6, 6.07) is 0.859. The first-order valence-corrected chi connectivity index (χ1v) is 4.14. The molecule has 0 aromatic rings. The zero-order chi connectivity index (χ0) is 7.56. The van der Waals surface area contributed by atoms with E-state index in [0.29, 0.717) is 12.1 Å². The van der Waals surface area contributed by atoms with E-state index in [9.17, 15) is 5.11 Å². The Bertz CT molecular complexity index is 103. The monoisotopic (exact) mass is 143 g/mol. The van der Waals surface area contributed by atoms with E-state index in [1.165, 1.54) is 6.42 Å². The van der Waals surface area contributed by atoms with Crippen LogP contribution >= 0.6 is 0 Å². The van der Waals surface area contributed by atoms with Crippen molar-refractivity contribution in [1.82, 2.24) is 5.32 Å². The van der Waals surface area contributed by atoms with Crippen LogP contribution in [0.25, 0.3) is 0 Å². The summed E-state index contributed by atoms with van der Waals surface area (Å²) in [5, 5.41) is 12.7. The van der Waals surface area contributed by atoms with E-state index in [4.69, 9.17) is 0 Å². The summed E-state index contributed by atoms with van der Waals surface area (Å²) in [7, 11) is 0. The Kier molecular flexibility index (Phi) is 2.69. The van der Waals surface area contributed by atoms with Crippen LogP contribution in [0.2, 0.25) is 0 Å². The first-order chi connectivity index (χ1) is 4.70. The topological polar surface area (TPSA) is 32.3 Å². The molecule has 2 heteroatoms. The molecule has 0 aromatic heterocycles. The molecule has 0 spiro atoms. The molecule has 2 atom stereocenters. The normalized spacial score (nSPS) is 33.6. The van der Waals surface area contributed by atoms with Crippen molar-refractivity contribution in [2.24, 2.45) is 0 Å². The summed E-state index contributed by atoms with van der Waals surface area (Å²) < 4.78 is 0. The van der Waals surface area contributed by atoms with Crippen LogP contribution < -0.4 is 5.32 Å². The summed E-state index contributed by atoms with van der Waals surface area (Å²) in [4.78, 5) is 0. The quantitative estimate of drug-likeness (QED) is 0.602. The molecule has 0 amide bonds. The molecule has 2 nitrogen and oxygen atoms in total. The fourth-order valence-corrected chi connectivity index (χ4v) is 1.56. The number of nitrogens with one attached hydrogen (secondary N) is 1. The van der Waals surface area contributed by atoms with Crippen molar-refractivity contribution in [2.75, 3.05) is 0 Å². The number of hydrogen-bond acceptors (Lipinski definition) is 2. The molecule has 0 bridgehead atoms. The van der Waals surface area contributed by atoms with Crippen LogP contribution in [-0.2, 0) is 0 Å². The molecule has 1 aliphatic rings. The van der Waals surface area contributed by atoms with Crippen LogP contribution in [0.1, 0.15) is 33.1 Å². The number of hydrogen-bond donors (Lipinski definition) is 2. The van der Waals surface area contributed by atoms with E-state index in [1.54, 1.807) is 0 Å². The lowest BCUT2D eigenvalue weighted by atomic mass is 10.2. The van der Waals surface area contributed by atoms with Crippen LogP contribution in [0.15, 0.2) is 0 Å². The minimum Gasteiger partial charge on any atom is -0.392 e. The van der Waals surface area contributed by atoms with Crippen molar-refractivity contribution in [3.05, 3.63) is 0 Å². The van der Waals surface area contributed by atoms with Gasteiger partial charge in [0.1, 0.15) is 0 Å². The molecule has 0 heterocycles. The van der Waals surface area contributed by atoms with Gasteiger partial charge >= 0.3 is 0 Å². The lowest BCUT2D eigenvalue weighted by Crippen LogP contribution is -2.39. The highest BCUT2D eigenvalue weighted by Crippen LogP contribution is 2.18. The zero-order valence-electron chi connectivity index (χ0n) is 6.80. The molecule has 1 rings (SSSR count). The third kappa shape index (κ3) is 1.96. The first kappa shape index (κ1) is 8.02. The van der Waals surface area contributed by atoms with Gasteiger partial charge in [-0.05, 0) is 19.3 Å². The minimum atomic E-state index is -0.0950. The predicted molar refractivity (Wildman–Crippen MR) is 41.9 cm³/mol. The third-order valence-electron chi connectivity index (χ3n) is 2.03. The summed E-state index contributed by atoms with van der Waals surface area (Å²) in [6.07, 6.45) is 3.19. The highest BCUT2D eigenvalue weighted by Gasteiger charge is 2.24. The standard InChI is InChI=1S/C8H17NO/c1-6(2)9-7-4-3-5-8(7)10/h6-10H,3-5H2,1-2H3/t7-,8+/m1/s1. The van der Waals surface area contributed by atoms with Crippen molar-refractivity contribution in [3.63, 3.8) is 0 Å². The molecule has 0 saturated heterocycles. The Hall–Kier alpha value is -0.0800.